The lowest BCUT2D eigenvalue weighted by Gasteiger charge is -2.29. The molecule has 20 heteroatoms. The van der Waals surface area contributed by atoms with Gasteiger partial charge in [0.1, 0.15) is 18.3 Å². The number of urea groups is 1. The third-order valence-corrected chi connectivity index (χ3v) is 7.83. The molecule has 0 spiro atoms. The van der Waals surface area contributed by atoms with Crippen molar-refractivity contribution in [1.29, 1.82) is 0 Å². The maximum atomic E-state index is 11.9. The van der Waals surface area contributed by atoms with Gasteiger partial charge in [-0.2, -0.15) is 8.62 Å². The number of nitrogens with one attached hydrogen (secondary N) is 1. The van der Waals surface area contributed by atoms with Gasteiger partial charge in [-0.15, -0.1) is 0 Å². The Bertz CT molecular complexity index is 992. The van der Waals surface area contributed by atoms with Gasteiger partial charge in [-0.25, -0.2) is 18.5 Å². The van der Waals surface area contributed by atoms with E-state index in [0.29, 0.717) is 0 Å². The summed E-state index contributed by atoms with van der Waals surface area (Å²) in [6.07, 6.45) is -4.47. The van der Waals surface area contributed by atoms with E-state index in [0.717, 1.165) is 11.8 Å². The first-order valence-corrected chi connectivity index (χ1v) is 13.2. The molecule has 6 atom stereocenters. The van der Waals surface area contributed by atoms with E-state index in [1.807, 2.05) is 0 Å². The van der Waals surface area contributed by atoms with Gasteiger partial charge in [0, 0.05) is 31.4 Å². The fourth-order valence-electron chi connectivity index (χ4n) is 2.80. The number of hydrogen-bond donors (Lipinski definition) is 6. The van der Waals surface area contributed by atoms with Crippen LogP contribution >= 0.6 is 23.5 Å². The van der Waals surface area contributed by atoms with Crippen LogP contribution in [0.25, 0.3) is 0 Å². The molecule has 2 heterocycles. The van der Waals surface area contributed by atoms with E-state index in [9.17, 15) is 38.2 Å². The Morgan fingerprint density at radius 1 is 1.21 bits per heavy atom. The summed E-state index contributed by atoms with van der Waals surface area (Å²) < 4.78 is 56.2. The summed E-state index contributed by atoms with van der Waals surface area (Å²) in [6.45, 7) is 3.70. The summed E-state index contributed by atoms with van der Waals surface area (Å²) in [7, 11) is -15.4. The summed E-state index contributed by atoms with van der Waals surface area (Å²) in [5.74, 6) is -0.819. The van der Waals surface area contributed by atoms with Crippen LogP contribution in [0.1, 0.15) is 6.92 Å². The molecule has 1 fully saturated rings. The van der Waals surface area contributed by atoms with Crippen molar-refractivity contribution in [2.75, 3.05) is 13.7 Å². The number of aliphatic hydroxyl groups excluding tert-OH is 1. The standard InChI is InChI=1S/C13H21N2O15P3/c1-6-8(4-15(3)13(18)14-6)11-12(27-7(2)16)10(17)9(28-11)5-26-32(22,23)30-33(24,25)29-31(19,20)21/h4,9-12,17H,1,5H2,2-3H3,(H,14,18)(H,22,23)(H,24,25)(H2,19,20,21)/t9-,10?,11+,12+/m1/s1. The average molecular weight is 538 g/mol. The quantitative estimate of drug-likeness (QED) is 0.159. The Hall–Kier alpha value is -1.45. The van der Waals surface area contributed by atoms with E-state index in [1.54, 1.807) is 0 Å². The highest BCUT2D eigenvalue weighted by atomic mass is 31.3. The molecule has 3 unspecified atom stereocenters. The first-order chi connectivity index (χ1) is 14.9. The highest BCUT2D eigenvalue weighted by Crippen LogP contribution is 2.66. The third-order valence-electron chi connectivity index (χ3n) is 4.02. The summed E-state index contributed by atoms with van der Waals surface area (Å²) in [5.41, 5.74) is 0.240. The minimum atomic E-state index is -5.74. The molecule has 2 aliphatic heterocycles. The van der Waals surface area contributed by atoms with Crippen LogP contribution in [0.5, 0.6) is 0 Å². The zero-order valence-electron chi connectivity index (χ0n) is 16.9. The van der Waals surface area contributed by atoms with Crippen LogP contribution in [0.2, 0.25) is 0 Å². The van der Waals surface area contributed by atoms with Crippen molar-refractivity contribution in [1.82, 2.24) is 10.2 Å². The summed E-state index contributed by atoms with van der Waals surface area (Å²) in [6, 6.07) is -0.532. The minimum Gasteiger partial charge on any atom is -0.457 e. The smallest absolute Gasteiger partial charge is 0.457 e. The summed E-state index contributed by atoms with van der Waals surface area (Å²) in [4.78, 5) is 60.1. The van der Waals surface area contributed by atoms with E-state index in [4.69, 9.17) is 19.3 Å². The van der Waals surface area contributed by atoms with Crippen LogP contribution in [0.4, 0.5) is 4.79 Å². The number of phosphoric ester groups is 1. The number of ether oxygens (including phenoxy) is 2. The van der Waals surface area contributed by atoms with Gasteiger partial charge in [-0.1, -0.05) is 6.58 Å². The molecule has 0 bridgehead atoms. The number of aliphatic hydroxyl groups is 1. The SMILES string of the molecule is C=C1NC(=O)N(C)C=C1[C@@H]1O[C@H](COP(=O)(O)OP(=O)(O)OP(=O)(O)O)C(O)[C@@H]1OC(C)=O. The second-order valence-corrected chi connectivity index (χ2v) is 11.1. The van der Waals surface area contributed by atoms with E-state index < -0.39 is 66.5 Å². The molecule has 2 amide bonds. The molecule has 2 rings (SSSR count). The summed E-state index contributed by atoms with van der Waals surface area (Å²) >= 11 is 0. The molecule has 0 aliphatic carbocycles. The molecule has 188 valence electrons. The molecule has 0 aromatic heterocycles. The maximum Gasteiger partial charge on any atom is 0.490 e. The van der Waals surface area contributed by atoms with Crippen molar-refractivity contribution in [3.05, 3.63) is 24.0 Å². The first kappa shape index (κ1) is 27.8. The Morgan fingerprint density at radius 3 is 2.36 bits per heavy atom. The molecule has 0 aromatic carbocycles. The molecule has 33 heavy (non-hydrogen) atoms. The molecule has 2 aliphatic rings. The largest absolute Gasteiger partial charge is 0.490 e. The Labute approximate surface area is 186 Å². The van der Waals surface area contributed by atoms with Gasteiger partial charge in [0.2, 0.25) is 0 Å². The van der Waals surface area contributed by atoms with Gasteiger partial charge in [0.25, 0.3) is 0 Å². The van der Waals surface area contributed by atoms with Crippen LogP contribution in [-0.2, 0) is 41.1 Å². The van der Waals surface area contributed by atoms with E-state index in [-0.39, 0.29) is 11.3 Å². The van der Waals surface area contributed by atoms with Crippen LogP contribution in [0.15, 0.2) is 24.0 Å². The number of carbonyl (C=O) groups excluding carboxylic acids is 2. The molecule has 17 nitrogen and oxygen atoms in total. The Kier molecular flexibility index (Phi) is 8.45. The average Bonchev–Trinajstić information content (AvgIpc) is 2.89. The Morgan fingerprint density at radius 2 is 1.82 bits per heavy atom. The number of nitrogens with zero attached hydrogens (tertiary/aromatic N) is 1. The monoisotopic (exact) mass is 538 g/mol. The van der Waals surface area contributed by atoms with Gasteiger partial charge in [0.15, 0.2) is 6.10 Å². The zero-order chi connectivity index (χ0) is 25.4. The van der Waals surface area contributed by atoms with Crippen molar-refractivity contribution in [3.8, 4) is 0 Å². The number of amides is 2. The van der Waals surface area contributed by atoms with Crippen molar-refractivity contribution < 1.29 is 70.6 Å². The molecule has 0 radical (unpaired) electrons. The predicted octanol–water partition coefficient (Wildman–Crippen LogP) is -0.558. The fraction of sp³-hybridized carbons (Fsp3) is 0.538. The van der Waals surface area contributed by atoms with Crippen LogP contribution in [-0.4, -0.2) is 79.7 Å². The second kappa shape index (κ2) is 10.0. The Balaban J connectivity index is 2.17. The van der Waals surface area contributed by atoms with Gasteiger partial charge in [0.05, 0.1) is 6.61 Å². The lowest BCUT2D eigenvalue weighted by Crippen LogP contribution is -2.44. The van der Waals surface area contributed by atoms with Crippen molar-refractivity contribution in [3.63, 3.8) is 0 Å². The molecular weight excluding hydrogens is 517 g/mol. The summed E-state index contributed by atoms with van der Waals surface area (Å²) in [5, 5.41) is 12.9. The maximum absolute atomic E-state index is 11.9. The lowest BCUT2D eigenvalue weighted by molar-refractivity contribution is -0.151. The number of phosphoric acid groups is 3. The van der Waals surface area contributed by atoms with E-state index in [2.05, 4.69) is 25.0 Å². The first-order valence-electron chi connectivity index (χ1n) is 8.65. The van der Waals surface area contributed by atoms with Crippen LogP contribution in [0.3, 0.4) is 0 Å². The molecule has 0 saturated carbocycles. The van der Waals surface area contributed by atoms with Gasteiger partial charge in [-0.3, -0.25) is 9.32 Å². The minimum absolute atomic E-state index is 0.0565. The topological polar surface area (TPSA) is 248 Å². The van der Waals surface area contributed by atoms with Gasteiger partial charge < -0.3 is 44.4 Å². The normalized spacial score (nSPS) is 29.7. The highest BCUT2D eigenvalue weighted by molar-refractivity contribution is 7.66. The number of rotatable bonds is 9. The third kappa shape index (κ3) is 7.79. The van der Waals surface area contributed by atoms with Gasteiger partial charge >= 0.3 is 35.5 Å². The van der Waals surface area contributed by atoms with E-state index >= 15 is 0 Å². The fourth-order valence-corrected chi connectivity index (χ4v) is 5.83. The van der Waals surface area contributed by atoms with Crippen molar-refractivity contribution in [2.45, 2.75) is 31.3 Å². The van der Waals surface area contributed by atoms with Crippen LogP contribution in [0, 0.1) is 0 Å². The van der Waals surface area contributed by atoms with Crippen molar-refractivity contribution in [2.24, 2.45) is 0 Å². The van der Waals surface area contributed by atoms with Gasteiger partial charge in [-0.05, 0) is 0 Å². The number of carbonyl (C=O) groups is 2. The van der Waals surface area contributed by atoms with E-state index in [1.165, 1.54) is 13.2 Å². The van der Waals surface area contributed by atoms with Crippen molar-refractivity contribution >= 4 is 35.5 Å². The molecule has 0 aromatic rings. The molecule has 1 saturated heterocycles. The lowest BCUT2D eigenvalue weighted by atomic mass is 9.99. The molecule has 6 N–H and O–H groups in total. The number of esters is 1. The number of hydrogen-bond acceptors (Lipinski definition) is 11. The van der Waals surface area contributed by atoms with Crippen LogP contribution < -0.4 is 5.32 Å². The predicted molar refractivity (Wildman–Crippen MR) is 104 cm³/mol. The highest BCUT2D eigenvalue weighted by Gasteiger charge is 2.50. The second-order valence-electron chi connectivity index (χ2n) is 6.65. The zero-order valence-corrected chi connectivity index (χ0v) is 19.6. The molecular formula is C13H21N2O15P3.